The van der Waals surface area contributed by atoms with Crippen LogP contribution in [-0.2, 0) is 28.5 Å². The zero-order valence-corrected chi connectivity index (χ0v) is 12.7. The first-order valence-corrected chi connectivity index (χ1v) is 7.50. The van der Waals surface area contributed by atoms with Crippen LogP contribution in [0.3, 0.4) is 0 Å². The second-order valence-electron chi connectivity index (χ2n) is 4.07. The largest absolute Gasteiger partial charge is 0.374 e. The molecule has 20 heavy (non-hydrogen) atoms. The Balaban J connectivity index is 2.35. The summed E-state index contributed by atoms with van der Waals surface area (Å²) in [5, 5.41) is 0. The van der Waals surface area contributed by atoms with Crippen LogP contribution in [0.4, 0.5) is 0 Å². The SMILES string of the molecule is COC(COCCOS(=O)(=O)c1ccc(C)cc1)OC. The van der Waals surface area contributed by atoms with Gasteiger partial charge in [-0.25, -0.2) is 0 Å². The Morgan fingerprint density at radius 1 is 1.05 bits per heavy atom. The molecule has 1 rings (SSSR count). The fourth-order valence-electron chi connectivity index (χ4n) is 1.39. The molecule has 1 aromatic rings. The summed E-state index contributed by atoms with van der Waals surface area (Å²) in [6.45, 7) is 2.17. The molecule has 0 heterocycles. The summed E-state index contributed by atoms with van der Waals surface area (Å²) in [5.74, 6) is 0. The lowest BCUT2D eigenvalue weighted by Gasteiger charge is -2.13. The smallest absolute Gasteiger partial charge is 0.297 e. The van der Waals surface area contributed by atoms with E-state index in [1.54, 1.807) is 12.1 Å². The van der Waals surface area contributed by atoms with Gasteiger partial charge >= 0.3 is 0 Å². The van der Waals surface area contributed by atoms with Gasteiger partial charge in [-0.2, -0.15) is 8.42 Å². The molecule has 114 valence electrons. The number of ether oxygens (including phenoxy) is 3. The molecule has 0 unspecified atom stereocenters. The minimum Gasteiger partial charge on any atom is -0.374 e. The fourth-order valence-corrected chi connectivity index (χ4v) is 2.28. The van der Waals surface area contributed by atoms with Crippen LogP contribution in [0.15, 0.2) is 29.2 Å². The maximum absolute atomic E-state index is 11.8. The quantitative estimate of drug-likeness (QED) is 0.389. The summed E-state index contributed by atoms with van der Waals surface area (Å²) in [5.41, 5.74) is 0.984. The zero-order valence-electron chi connectivity index (χ0n) is 11.9. The van der Waals surface area contributed by atoms with Gasteiger partial charge in [0, 0.05) is 14.2 Å². The highest BCUT2D eigenvalue weighted by Crippen LogP contribution is 2.12. The van der Waals surface area contributed by atoms with Crippen molar-refractivity contribution in [2.45, 2.75) is 18.1 Å². The summed E-state index contributed by atoms with van der Waals surface area (Å²) in [6, 6.07) is 6.46. The molecule has 0 saturated heterocycles. The van der Waals surface area contributed by atoms with E-state index in [9.17, 15) is 8.42 Å². The van der Waals surface area contributed by atoms with Gasteiger partial charge in [0.2, 0.25) is 0 Å². The Kier molecular flexibility index (Phi) is 7.11. The molecule has 7 heteroatoms. The molecule has 0 radical (unpaired) electrons. The third kappa shape index (κ3) is 5.56. The molecule has 0 saturated carbocycles. The molecular formula is C13H20O6S. The number of aryl methyl sites for hydroxylation is 1. The van der Waals surface area contributed by atoms with E-state index in [2.05, 4.69) is 0 Å². The van der Waals surface area contributed by atoms with E-state index >= 15 is 0 Å². The standard InChI is InChI=1S/C13H20O6S/c1-11-4-6-12(7-5-11)20(14,15)19-9-8-18-10-13(16-2)17-3/h4-7,13H,8-10H2,1-3H3. The second kappa shape index (κ2) is 8.33. The van der Waals surface area contributed by atoms with Crippen molar-refractivity contribution < 1.29 is 26.8 Å². The Labute approximate surface area is 119 Å². The maximum atomic E-state index is 11.8. The van der Waals surface area contributed by atoms with E-state index in [0.717, 1.165) is 5.56 Å². The number of hydrogen-bond acceptors (Lipinski definition) is 6. The molecule has 0 amide bonds. The third-order valence-corrected chi connectivity index (χ3v) is 3.88. The predicted octanol–water partition coefficient (Wildman–Crippen LogP) is 1.34. The first kappa shape index (κ1) is 17.1. The molecule has 0 N–H and O–H groups in total. The normalized spacial score (nSPS) is 12.0. The lowest BCUT2D eigenvalue weighted by molar-refractivity contribution is -0.141. The van der Waals surface area contributed by atoms with Gasteiger partial charge in [-0.05, 0) is 19.1 Å². The highest BCUT2D eigenvalue weighted by atomic mass is 32.2. The van der Waals surface area contributed by atoms with Crippen LogP contribution in [0.1, 0.15) is 5.56 Å². The Hall–Kier alpha value is -0.990. The number of hydrogen-bond donors (Lipinski definition) is 0. The third-order valence-electron chi connectivity index (χ3n) is 2.56. The van der Waals surface area contributed by atoms with Crippen molar-refractivity contribution in [3.05, 3.63) is 29.8 Å². The predicted molar refractivity (Wildman–Crippen MR) is 72.9 cm³/mol. The number of methoxy groups -OCH3 is 2. The van der Waals surface area contributed by atoms with Crippen LogP contribution >= 0.6 is 0 Å². The molecule has 0 aliphatic carbocycles. The van der Waals surface area contributed by atoms with Gasteiger partial charge in [-0.1, -0.05) is 17.7 Å². The molecular weight excluding hydrogens is 284 g/mol. The Morgan fingerprint density at radius 2 is 1.65 bits per heavy atom. The van der Waals surface area contributed by atoms with E-state index in [-0.39, 0.29) is 24.7 Å². The van der Waals surface area contributed by atoms with Crippen LogP contribution in [0, 0.1) is 6.92 Å². The van der Waals surface area contributed by atoms with Gasteiger partial charge in [0.25, 0.3) is 10.1 Å². The average molecular weight is 304 g/mol. The van der Waals surface area contributed by atoms with Gasteiger partial charge in [-0.15, -0.1) is 0 Å². The Bertz CT molecular complexity index is 478. The van der Waals surface area contributed by atoms with Crippen molar-refractivity contribution in [1.82, 2.24) is 0 Å². The van der Waals surface area contributed by atoms with Crippen LogP contribution in [0.2, 0.25) is 0 Å². The fraction of sp³-hybridized carbons (Fsp3) is 0.538. The van der Waals surface area contributed by atoms with E-state index in [1.165, 1.54) is 26.4 Å². The van der Waals surface area contributed by atoms with Gasteiger partial charge < -0.3 is 14.2 Å². The van der Waals surface area contributed by atoms with Crippen LogP contribution in [0.25, 0.3) is 0 Å². The summed E-state index contributed by atoms with van der Waals surface area (Å²) in [6.07, 6.45) is -0.469. The van der Waals surface area contributed by atoms with Crippen molar-refractivity contribution >= 4 is 10.1 Å². The van der Waals surface area contributed by atoms with E-state index < -0.39 is 16.4 Å². The van der Waals surface area contributed by atoms with Crippen molar-refractivity contribution in [3.8, 4) is 0 Å². The number of rotatable bonds is 9. The first-order chi connectivity index (χ1) is 9.49. The van der Waals surface area contributed by atoms with Crippen LogP contribution < -0.4 is 0 Å². The maximum Gasteiger partial charge on any atom is 0.297 e. The summed E-state index contributed by atoms with van der Waals surface area (Å²) in [4.78, 5) is 0.134. The van der Waals surface area contributed by atoms with Crippen molar-refractivity contribution in [2.75, 3.05) is 34.0 Å². The molecule has 0 aliphatic heterocycles. The molecule has 0 bridgehead atoms. The topological polar surface area (TPSA) is 71.1 Å². The molecule has 0 aromatic heterocycles. The van der Waals surface area contributed by atoms with Gasteiger partial charge in [-0.3, -0.25) is 4.18 Å². The zero-order chi connectivity index (χ0) is 15.0. The second-order valence-corrected chi connectivity index (χ2v) is 5.68. The summed E-state index contributed by atoms with van der Waals surface area (Å²) in [7, 11) is -0.740. The molecule has 0 aliphatic rings. The van der Waals surface area contributed by atoms with Crippen molar-refractivity contribution in [1.29, 1.82) is 0 Å². The highest BCUT2D eigenvalue weighted by molar-refractivity contribution is 7.86. The first-order valence-electron chi connectivity index (χ1n) is 6.09. The highest BCUT2D eigenvalue weighted by Gasteiger charge is 2.14. The lowest BCUT2D eigenvalue weighted by Crippen LogP contribution is -2.22. The summed E-state index contributed by atoms with van der Waals surface area (Å²) < 4.78 is 43.6. The Morgan fingerprint density at radius 3 is 2.20 bits per heavy atom. The van der Waals surface area contributed by atoms with Gasteiger partial charge in [0.05, 0.1) is 24.7 Å². The monoisotopic (exact) mass is 304 g/mol. The van der Waals surface area contributed by atoms with Crippen molar-refractivity contribution in [2.24, 2.45) is 0 Å². The minimum atomic E-state index is -3.73. The lowest BCUT2D eigenvalue weighted by atomic mass is 10.2. The van der Waals surface area contributed by atoms with Gasteiger partial charge in [0.1, 0.15) is 0 Å². The van der Waals surface area contributed by atoms with E-state index in [4.69, 9.17) is 18.4 Å². The van der Waals surface area contributed by atoms with Crippen LogP contribution in [0.5, 0.6) is 0 Å². The molecule has 0 spiro atoms. The van der Waals surface area contributed by atoms with E-state index in [0.29, 0.717) is 0 Å². The van der Waals surface area contributed by atoms with Crippen molar-refractivity contribution in [3.63, 3.8) is 0 Å². The molecule has 1 aromatic carbocycles. The minimum absolute atomic E-state index is 0.0592. The van der Waals surface area contributed by atoms with E-state index in [1.807, 2.05) is 6.92 Å². The summed E-state index contributed by atoms with van der Waals surface area (Å²) >= 11 is 0. The number of benzene rings is 1. The molecule has 6 nitrogen and oxygen atoms in total. The molecule has 0 fully saturated rings. The molecule has 0 atom stereocenters. The van der Waals surface area contributed by atoms with Gasteiger partial charge in [0.15, 0.2) is 6.29 Å². The van der Waals surface area contributed by atoms with Crippen LogP contribution in [-0.4, -0.2) is 48.7 Å². The average Bonchev–Trinajstić information content (AvgIpc) is 2.43.